The van der Waals surface area contributed by atoms with E-state index in [1.54, 1.807) is 95.4 Å². The Kier molecular flexibility index (Phi) is 10.8. The van der Waals surface area contributed by atoms with Gasteiger partial charge in [-0.05, 0) is 104 Å². The Bertz CT molecular complexity index is 2700. The molecule has 0 bridgehead atoms. The predicted octanol–water partition coefficient (Wildman–Crippen LogP) is 7.89. The summed E-state index contributed by atoms with van der Waals surface area (Å²) >= 11 is 12.5. The summed E-state index contributed by atoms with van der Waals surface area (Å²) < 4.78 is 50.2. The number of rotatable bonds is 13. The lowest BCUT2D eigenvalue weighted by molar-refractivity contribution is 0.0461. The van der Waals surface area contributed by atoms with Gasteiger partial charge in [0.05, 0.1) is 52.5 Å². The molecule has 0 aliphatic rings. The molecule has 0 fully saturated rings. The predicted molar refractivity (Wildman–Crippen MR) is 210 cm³/mol. The molecule has 0 amide bonds. The van der Waals surface area contributed by atoms with Crippen LogP contribution in [-0.4, -0.2) is 46.8 Å². The maximum absolute atomic E-state index is 14.4. The molecule has 2 heterocycles. The number of fused-ring (bicyclic) bond motifs is 3. The first-order valence-corrected chi connectivity index (χ1v) is 19.4. The molecule has 0 spiro atoms. The van der Waals surface area contributed by atoms with Crippen LogP contribution in [0.3, 0.4) is 0 Å². The molecule has 12 nitrogen and oxygen atoms in total. The Morgan fingerprint density at radius 2 is 1.53 bits per heavy atom. The molecule has 0 saturated carbocycles. The lowest BCUT2D eigenvalue weighted by Crippen LogP contribution is -2.31. The van der Waals surface area contributed by atoms with Gasteiger partial charge < -0.3 is 14.2 Å². The number of ether oxygens (including phenoxy) is 3. The zero-order valence-corrected chi connectivity index (χ0v) is 31.9. The zero-order valence-electron chi connectivity index (χ0n) is 29.6. The van der Waals surface area contributed by atoms with E-state index < -0.39 is 16.0 Å². The Morgan fingerprint density at radius 3 is 2.27 bits per heavy atom. The first kappa shape index (κ1) is 37.4. The Labute approximate surface area is 326 Å². The highest BCUT2D eigenvalue weighted by Crippen LogP contribution is 2.34. The molecule has 55 heavy (non-hydrogen) atoms. The van der Waals surface area contributed by atoms with Crippen molar-refractivity contribution in [3.05, 3.63) is 153 Å². The zero-order chi connectivity index (χ0) is 38.7. The van der Waals surface area contributed by atoms with E-state index >= 15 is 0 Å². The molecule has 7 aromatic rings. The van der Waals surface area contributed by atoms with E-state index in [1.165, 1.54) is 33.1 Å². The molecule has 0 radical (unpaired) electrons. The Morgan fingerprint density at radius 1 is 0.800 bits per heavy atom. The number of aromatic nitrogens is 4. The molecule has 0 N–H and O–H groups in total. The van der Waals surface area contributed by atoms with Crippen molar-refractivity contribution in [1.82, 2.24) is 19.2 Å². The smallest absolute Gasteiger partial charge is 0.338 e. The summed E-state index contributed by atoms with van der Waals surface area (Å²) in [6, 6.07) is 31.1. The SMILES string of the molecule is CCOc1ccc(-n2c(=O)c3ccc(Cl)cc3n3c(COC(=O)c4cccc(S(=O)(=O)N(Cc5ccc(Cl)cc5)c5ccccc5OCC)c4)nnc23)cc1. The van der Waals surface area contributed by atoms with E-state index in [0.717, 1.165) is 0 Å². The molecule has 0 saturated heterocycles. The molecule has 280 valence electrons. The van der Waals surface area contributed by atoms with Gasteiger partial charge in [0.15, 0.2) is 12.4 Å². The third-order valence-electron chi connectivity index (χ3n) is 8.62. The molecule has 5 aromatic carbocycles. The molecule has 2 aromatic heterocycles. The van der Waals surface area contributed by atoms with Crippen molar-refractivity contribution < 1.29 is 27.4 Å². The molecule has 15 heteroatoms. The van der Waals surface area contributed by atoms with Gasteiger partial charge in [0.25, 0.3) is 15.6 Å². The van der Waals surface area contributed by atoms with E-state index in [0.29, 0.717) is 62.6 Å². The maximum Gasteiger partial charge on any atom is 0.338 e. The van der Waals surface area contributed by atoms with Crippen LogP contribution in [0.15, 0.2) is 125 Å². The molecular weight excluding hydrogens is 765 g/mol. The van der Waals surface area contributed by atoms with Gasteiger partial charge in [0.2, 0.25) is 5.78 Å². The second-order valence-corrected chi connectivity index (χ2v) is 14.9. The number of benzene rings is 5. The monoisotopic (exact) mass is 797 g/mol. The number of esters is 1. The number of carbonyl (C=O) groups is 1. The number of hydrogen-bond donors (Lipinski definition) is 0. The number of anilines is 1. The molecular formula is C40H33Cl2N5O7S. The minimum absolute atomic E-state index is 0.0152. The van der Waals surface area contributed by atoms with Crippen LogP contribution in [0.25, 0.3) is 22.4 Å². The third kappa shape index (κ3) is 7.59. The number of hydrogen-bond acceptors (Lipinski definition) is 9. The van der Waals surface area contributed by atoms with Crippen LogP contribution in [0.2, 0.25) is 10.0 Å². The molecule has 0 atom stereocenters. The van der Waals surface area contributed by atoms with Crippen LogP contribution >= 0.6 is 23.2 Å². The van der Waals surface area contributed by atoms with Crippen molar-refractivity contribution in [2.24, 2.45) is 0 Å². The normalized spacial score (nSPS) is 11.5. The molecule has 0 unspecified atom stereocenters. The number of halogens is 2. The second kappa shape index (κ2) is 15.8. The summed E-state index contributed by atoms with van der Waals surface area (Å²) in [6.45, 7) is 4.07. The van der Waals surface area contributed by atoms with Gasteiger partial charge >= 0.3 is 5.97 Å². The lowest BCUT2D eigenvalue weighted by atomic mass is 10.2. The van der Waals surface area contributed by atoms with Gasteiger partial charge in [0.1, 0.15) is 11.5 Å². The van der Waals surface area contributed by atoms with E-state index in [9.17, 15) is 18.0 Å². The fourth-order valence-corrected chi connectivity index (χ4v) is 7.89. The standard InChI is InChI=1S/C40H33Cl2N5O7S/c1-3-52-31-19-17-30(18-20-31)46-38(48)33-21-16-29(42)23-35(33)47-37(43-44-40(46)47)25-54-39(49)27-8-7-9-32(22-27)55(50,51)45(24-26-12-14-28(41)15-13-26)34-10-5-6-11-36(34)53-4-2/h5-23H,3-4,24-25H2,1-2H3. The summed E-state index contributed by atoms with van der Waals surface area (Å²) in [6.07, 6.45) is 0. The molecule has 0 aliphatic heterocycles. The third-order valence-corrected chi connectivity index (χ3v) is 10.9. The number of para-hydroxylation sites is 2. The highest BCUT2D eigenvalue weighted by molar-refractivity contribution is 7.92. The van der Waals surface area contributed by atoms with Crippen molar-refractivity contribution in [3.8, 4) is 17.2 Å². The summed E-state index contributed by atoms with van der Waals surface area (Å²) in [5.74, 6) is 0.561. The van der Waals surface area contributed by atoms with Crippen LogP contribution < -0.4 is 19.3 Å². The fraction of sp³-hybridized carbons (Fsp3) is 0.150. The van der Waals surface area contributed by atoms with Crippen LogP contribution in [0.1, 0.15) is 35.6 Å². The van der Waals surface area contributed by atoms with Gasteiger partial charge in [-0.1, -0.05) is 53.5 Å². The highest BCUT2D eigenvalue weighted by atomic mass is 35.5. The average Bonchev–Trinajstić information content (AvgIpc) is 3.61. The lowest BCUT2D eigenvalue weighted by Gasteiger charge is -2.26. The van der Waals surface area contributed by atoms with Crippen molar-refractivity contribution in [2.45, 2.75) is 31.9 Å². The van der Waals surface area contributed by atoms with Crippen LogP contribution in [0.5, 0.6) is 11.5 Å². The Balaban J connectivity index is 1.22. The van der Waals surface area contributed by atoms with Crippen molar-refractivity contribution in [1.29, 1.82) is 0 Å². The van der Waals surface area contributed by atoms with E-state index in [1.807, 2.05) is 13.8 Å². The highest BCUT2D eigenvalue weighted by Gasteiger charge is 2.29. The number of sulfonamides is 1. The quantitative estimate of drug-likeness (QED) is 0.107. The van der Waals surface area contributed by atoms with Crippen molar-refractivity contribution in [3.63, 3.8) is 0 Å². The first-order chi connectivity index (χ1) is 26.6. The van der Waals surface area contributed by atoms with Crippen LogP contribution in [-0.2, 0) is 27.9 Å². The van der Waals surface area contributed by atoms with Gasteiger partial charge in [-0.2, -0.15) is 0 Å². The largest absolute Gasteiger partial charge is 0.494 e. The van der Waals surface area contributed by atoms with Gasteiger partial charge in [0, 0.05) is 10.0 Å². The topological polar surface area (TPSA) is 134 Å². The second-order valence-electron chi connectivity index (χ2n) is 12.1. The Hall–Kier alpha value is -5.89. The fourth-order valence-electron chi connectivity index (χ4n) is 6.09. The van der Waals surface area contributed by atoms with Gasteiger partial charge in [-0.25, -0.2) is 17.8 Å². The van der Waals surface area contributed by atoms with E-state index in [4.69, 9.17) is 37.4 Å². The van der Waals surface area contributed by atoms with Gasteiger partial charge in [-0.3, -0.25) is 13.5 Å². The molecule has 0 aliphatic carbocycles. The van der Waals surface area contributed by atoms with Gasteiger partial charge in [-0.15, -0.1) is 10.2 Å². The van der Waals surface area contributed by atoms with E-state index in [-0.39, 0.29) is 40.8 Å². The minimum atomic E-state index is -4.28. The summed E-state index contributed by atoms with van der Waals surface area (Å²) in [4.78, 5) is 27.3. The first-order valence-electron chi connectivity index (χ1n) is 17.2. The minimum Gasteiger partial charge on any atom is -0.494 e. The van der Waals surface area contributed by atoms with Crippen LogP contribution in [0, 0.1) is 0 Å². The van der Waals surface area contributed by atoms with Crippen molar-refractivity contribution in [2.75, 3.05) is 17.5 Å². The van der Waals surface area contributed by atoms with Crippen LogP contribution in [0.4, 0.5) is 5.69 Å². The average molecular weight is 799 g/mol. The summed E-state index contributed by atoms with van der Waals surface area (Å²) in [7, 11) is -4.28. The van der Waals surface area contributed by atoms with E-state index in [2.05, 4.69) is 10.2 Å². The molecule has 7 rings (SSSR count). The number of carbonyl (C=O) groups excluding carboxylic acids is 1. The van der Waals surface area contributed by atoms with Crippen molar-refractivity contribution >= 4 is 61.6 Å². The number of nitrogens with zero attached hydrogens (tertiary/aromatic N) is 5. The maximum atomic E-state index is 14.4. The summed E-state index contributed by atoms with van der Waals surface area (Å²) in [5, 5.41) is 9.80. The summed E-state index contributed by atoms with van der Waals surface area (Å²) in [5.41, 5.74) is 1.55.